The van der Waals surface area contributed by atoms with Gasteiger partial charge < -0.3 is 19.5 Å². The number of nitrogens with one attached hydrogen (secondary N) is 1. The number of nitrogens with zero attached hydrogens (tertiary/aromatic N) is 3. The number of imidazole rings is 1. The quantitative estimate of drug-likeness (QED) is 0.863. The fraction of sp³-hybridized carbons (Fsp3) is 0.476. The van der Waals surface area contributed by atoms with Crippen LogP contribution < -0.4 is 10.1 Å². The van der Waals surface area contributed by atoms with E-state index in [1.807, 2.05) is 4.90 Å². The highest BCUT2D eigenvalue weighted by atomic mass is 16.5. The van der Waals surface area contributed by atoms with Crippen molar-refractivity contribution < 1.29 is 14.3 Å². The molecule has 0 bridgehead atoms. The minimum absolute atomic E-state index is 0.000410. The number of rotatable bonds is 5. The van der Waals surface area contributed by atoms with Gasteiger partial charge in [-0.15, -0.1) is 0 Å². The van der Waals surface area contributed by atoms with Crippen molar-refractivity contribution in [1.29, 1.82) is 0 Å². The first kappa shape index (κ1) is 18.5. The van der Waals surface area contributed by atoms with Crippen molar-refractivity contribution in [3.05, 3.63) is 41.9 Å². The number of fused-ring (bicyclic) bond motifs is 1. The number of aryl methyl sites for hydroxylation is 1. The molecule has 1 N–H and O–H groups in total. The highest BCUT2D eigenvalue weighted by molar-refractivity contribution is 6.04. The lowest BCUT2D eigenvalue weighted by Gasteiger charge is -2.26. The second-order valence-electron chi connectivity index (χ2n) is 7.38. The first-order chi connectivity index (χ1) is 13.7. The Kier molecular flexibility index (Phi) is 5.60. The summed E-state index contributed by atoms with van der Waals surface area (Å²) in [6.07, 6.45) is 8.20. The molecule has 1 aromatic carbocycles. The SMILES string of the molecule is O=C(Nc1cnc2n1CCCC2)c1cccc(OCC(=O)N2CCCCC2)c1. The average molecular weight is 382 g/mol. The van der Waals surface area contributed by atoms with Crippen LogP contribution in [0.25, 0.3) is 0 Å². The maximum absolute atomic E-state index is 12.7. The van der Waals surface area contributed by atoms with E-state index >= 15 is 0 Å². The Morgan fingerprint density at radius 2 is 1.89 bits per heavy atom. The van der Waals surface area contributed by atoms with E-state index in [-0.39, 0.29) is 18.4 Å². The number of anilines is 1. The first-order valence-electron chi connectivity index (χ1n) is 10.1. The summed E-state index contributed by atoms with van der Waals surface area (Å²) in [5, 5.41) is 2.94. The number of carbonyl (C=O) groups is 2. The van der Waals surface area contributed by atoms with Crippen LogP contribution in [0.1, 0.15) is 48.3 Å². The first-order valence-corrected chi connectivity index (χ1v) is 10.1. The summed E-state index contributed by atoms with van der Waals surface area (Å²) >= 11 is 0. The molecule has 2 aromatic rings. The van der Waals surface area contributed by atoms with Gasteiger partial charge in [-0.05, 0) is 50.3 Å². The minimum Gasteiger partial charge on any atom is -0.484 e. The van der Waals surface area contributed by atoms with Gasteiger partial charge in [0.1, 0.15) is 17.4 Å². The van der Waals surface area contributed by atoms with E-state index in [1.54, 1.807) is 30.5 Å². The molecule has 2 amide bonds. The van der Waals surface area contributed by atoms with Gasteiger partial charge in [0.2, 0.25) is 0 Å². The van der Waals surface area contributed by atoms with E-state index < -0.39 is 0 Å². The predicted octanol–water partition coefficient (Wildman–Crippen LogP) is 2.86. The largest absolute Gasteiger partial charge is 0.484 e. The smallest absolute Gasteiger partial charge is 0.260 e. The average Bonchev–Trinajstić information content (AvgIpc) is 3.16. The van der Waals surface area contributed by atoms with E-state index in [2.05, 4.69) is 14.9 Å². The van der Waals surface area contributed by atoms with Gasteiger partial charge in [-0.1, -0.05) is 6.07 Å². The van der Waals surface area contributed by atoms with Crippen LogP contribution in [0.3, 0.4) is 0 Å². The number of hydrogen-bond acceptors (Lipinski definition) is 4. The van der Waals surface area contributed by atoms with Crippen LogP contribution in [0.4, 0.5) is 5.82 Å². The Morgan fingerprint density at radius 1 is 1.07 bits per heavy atom. The van der Waals surface area contributed by atoms with Crippen LogP contribution in [-0.2, 0) is 17.8 Å². The molecule has 2 aliphatic heterocycles. The van der Waals surface area contributed by atoms with Gasteiger partial charge in [0.05, 0.1) is 6.20 Å². The zero-order valence-electron chi connectivity index (χ0n) is 16.0. The Bertz CT molecular complexity index is 855. The normalized spacial score (nSPS) is 16.4. The molecule has 7 nitrogen and oxygen atoms in total. The summed E-state index contributed by atoms with van der Waals surface area (Å²) in [6, 6.07) is 6.94. The van der Waals surface area contributed by atoms with Crippen LogP contribution in [-0.4, -0.2) is 46.0 Å². The number of carbonyl (C=O) groups excluding carboxylic acids is 2. The second-order valence-corrected chi connectivity index (χ2v) is 7.38. The van der Waals surface area contributed by atoms with Crippen LogP contribution >= 0.6 is 0 Å². The third-order valence-electron chi connectivity index (χ3n) is 5.38. The summed E-state index contributed by atoms with van der Waals surface area (Å²) < 4.78 is 7.72. The molecule has 7 heteroatoms. The van der Waals surface area contributed by atoms with E-state index in [9.17, 15) is 9.59 Å². The van der Waals surface area contributed by atoms with Crippen LogP contribution in [0.15, 0.2) is 30.5 Å². The fourth-order valence-electron chi connectivity index (χ4n) is 3.81. The summed E-state index contributed by atoms with van der Waals surface area (Å²) in [6.45, 7) is 2.49. The van der Waals surface area contributed by atoms with E-state index in [4.69, 9.17) is 4.74 Å². The molecule has 4 rings (SSSR count). The molecule has 0 radical (unpaired) electrons. The monoisotopic (exact) mass is 382 g/mol. The van der Waals surface area contributed by atoms with Crippen LogP contribution in [0.5, 0.6) is 5.75 Å². The van der Waals surface area contributed by atoms with Gasteiger partial charge in [-0.2, -0.15) is 0 Å². The lowest BCUT2D eigenvalue weighted by atomic mass is 10.1. The summed E-state index contributed by atoms with van der Waals surface area (Å²) in [4.78, 5) is 31.1. The van der Waals surface area contributed by atoms with Crippen molar-refractivity contribution >= 4 is 17.6 Å². The summed E-state index contributed by atoms with van der Waals surface area (Å²) in [7, 11) is 0. The van der Waals surface area contributed by atoms with Crippen LogP contribution in [0, 0.1) is 0 Å². The van der Waals surface area contributed by atoms with Gasteiger partial charge >= 0.3 is 0 Å². The van der Waals surface area contributed by atoms with Gasteiger partial charge in [0, 0.05) is 31.6 Å². The van der Waals surface area contributed by atoms with Crippen molar-refractivity contribution in [3.8, 4) is 5.75 Å². The molecule has 0 spiro atoms. The molecule has 28 heavy (non-hydrogen) atoms. The molecule has 0 atom stereocenters. The lowest BCUT2D eigenvalue weighted by molar-refractivity contribution is -0.134. The fourth-order valence-corrected chi connectivity index (χ4v) is 3.81. The zero-order valence-corrected chi connectivity index (χ0v) is 16.0. The second kappa shape index (κ2) is 8.46. The number of likely N-dealkylation sites (tertiary alicyclic amines) is 1. The van der Waals surface area contributed by atoms with Crippen molar-refractivity contribution in [3.63, 3.8) is 0 Å². The maximum Gasteiger partial charge on any atom is 0.260 e. The molecular formula is C21H26N4O3. The molecule has 1 fully saturated rings. The van der Waals surface area contributed by atoms with E-state index in [1.165, 1.54) is 6.42 Å². The topological polar surface area (TPSA) is 76.5 Å². The van der Waals surface area contributed by atoms with Crippen LogP contribution in [0.2, 0.25) is 0 Å². The molecular weight excluding hydrogens is 356 g/mol. The molecule has 0 unspecified atom stereocenters. The van der Waals surface area contributed by atoms with Crippen molar-refractivity contribution in [2.75, 3.05) is 25.0 Å². The highest BCUT2D eigenvalue weighted by Gasteiger charge is 2.18. The number of hydrogen-bond donors (Lipinski definition) is 1. The minimum atomic E-state index is -0.207. The number of ether oxygens (including phenoxy) is 1. The lowest BCUT2D eigenvalue weighted by Crippen LogP contribution is -2.38. The molecule has 1 saturated heterocycles. The van der Waals surface area contributed by atoms with Crippen molar-refractivity contribution in [2.45, 2.75) is 45.1 Å². The van der Waals surface area contributed by atoms with Gasteiger partial charge in [-0.3, -0.25) is 9.59 Å². The number of benzene rings is 1. The molecule has 0 aliphatic carbocycles. The van der Waals surface area contributed by atoms with Gasteiger partial charge in [0.15, 0.2) is 6.61 Å². The summed E-state index contributed by atoms with van der Waals surface area (Å²) in [5.41, 5.74) is 0.495. The highest BCUT2D eigenvalue weighted by Crippen LogP contribution is 2.21. The van der Waals surface area contributed by atoms with Crippen molar-refractivity contribution in [2.24, 2.45) is 0 Å². The molecule has 1 aromatic heterocycles. The number of amides is 2. The standard InChI is InChI=1S/C21H26N4O3/c26-20(24-10-3-1-4-11-24)15-28-17-8-6-7-16(13-17)21(27)23-19-14-22-18-9-2-5-12-25(18)19/h6-8,13-14H,1-5,9-12,15H2,(H,23,27). The maximum atomic E-state index is 12.7. The third kappa shape index (κ3) is 4.18. The third-order valence-corrected chi connectivity index (χ3v) is 5.38. The Morgan fingerprint density at radius 3 is 2.75 bits per heavy atom. The molecule has 2 aliphatic rings. The van der Waals surface area contributed by atoms with Gasteiger partial charge in [-0.25, -0.2) is 4.98 Å². The van der Waals surface area contributed by atoms with E-state index in [0.717, 1.165) is 63.4 Å². The Hall–Kier alpha value is -2.83. The number of aromatic nitrogens is 2. The van der Waals surface area contributed by atoms with E-state index in [0.29, 0.717) is 11.3 Å². The Balaban J connectivity index is 1.37. The molecule has 3 heterocycles. The predicted molar refractivity (Wildman–Crippen MR) is 105 cm³/mol. The summed E-state index contributed by atoms with van der Waals surface area (Å²) in [5.74, 6) is 2.07. The molecule has 148 valence electrons. The van der Waals surface area contributed by atoms with Gasteiger partial charge in [0.25, 0.3) is 11.8 Å². The Labute approximate surface area is 164 Å². The molecule has 0 saturated carbocycles. The number of piperidine rings is 1. The zero-order chi connectivity index (χ0) is 19.3. The van der Waals surface area contributed by atoms with Crippen molar-refractivity contribution in [1.82, 2.24) is 14.5 Å².